The molecule has 0 aliphatic carbocycles. The van der Waals surface area contributed by atoms with Crippen molar-refractivity contribution in [3.8, 4) is 0 Å². The fraction of sp³-hybridized carbons (Fsp3) is 0.182. The Balaban J connectivity index is 2.61. The number of para-hydroxylation sites is 1. The van der Waals surface area contributed by atoms with Crippen molar-refractivity contribution in [2.75, 3.05) is 5.43 Å². The van der Waals surface area contributed by atoms with Crippen LogP contribution in [0.4, 0.5) is 0 Å². The number of aromatic nitrogens is 1. The van der Waals surface area contributed by atoms with Gasteiger partial charge in [0, 0.05) is 18.5 Å². The molecule has 14 heavy (non-hydrogen) atoms. The molecule has 0 saturated heterocycles. The summed E-state index contributed by atoms with van der Waals surface area (Å²) in [6, 6.07) is 8.05. The zero-order valence-electron chi connectivity index (χ0n) is 8.24. The number of carbonyl (C=O) groups is 1. The quantitative estimate of drug-likeness (QED) is 0.730. The molecule has 0 bridgehead atoms. The van der Waals surface area contributed by atoms with Crippen LogP contribution in [0.2, 0.25) is 0 Å². The lowest BCUT2D eigenvalue weighted by Gasteiger charge is -2.06. The highest BCUT2D eigenvalue weighted by molar-refractivity contribution is 5.87. The van der Waals surface area contributed by atoms with Crippen LogP contribution in [0.15, 0.2) is 30.5 Å². The smallest absolute Gasteiger partial charge is 0.235 e. The van der Waals surface area contributed by atoms with Gasteiger partial charge in [-0.15, -0.1) is 0 Å². The van der Waals surface area contributed by atoms with E-state index < -0.39 is 0 Å². The molecular formula is C11H12N2O. The maximum absolute atomic E-state index is 10.9. The van der Waals surface area contributed by atoms with E-state index in [1.807, 2.05) is 37.4 Å². The van der Waals surface area contributed by atoms with E-state index in [2.05, 4.69) is 5.43 Å². The second-order valence-corrected chi connectivity index (χ2v) is 3.37. The van der Waals surface area contributed by atoms with Crippen LogP contribution in [0, 0.1) is 6.92 Å². The van der Waals surface area contributed by atoms with Gasteiger partial charge in [0.15, 0.2) is 0 Å². The second kappa shape index (κ2) is 3.18. The van der Waals surface area contributed by atoms with Gasteiger partial charge >= 0.3 is 0 Å². The number of carbonyl (C=O) groups excluding carboxylic acids is 1. The molecule has 0 aliphatic rings. The van der Waals surface area contributed by atoms with Gasteiger partial charge < -0.3 is 0 Å². The first-order valence-electron chi connectivity index (χ1n) is 4.53. The molecule has 72 valence electrons. The average molecular weight is 188 g/mol. The van der Waals surface area contributed by atoms with Crippen molar-refractivity contribution in [2.24, 2.45) is 0 Å². The largest absolute Gasteiger partial charge is 0.274 e. The van der Waals surface area contributed by atoms with Crippen LogP contribution in [0.3, 0.4) is 0 Å². The van der Waals surface area contributed by atoms with E-state index >= 15 is 0 Å². The molecule has 1 N–H and O–H groups in total. The molecule has 3 heteroatoms. The summed E-state index contributed by atoms with van der Waals surface area (Å²) in [5, 5.41) is 1.14. The van der Waals surface area contributed by atoms with Gasteiger partial charge in [-0.1, -0.05) is 18.2 Å². The molecule has 1 heterocycles. The minimum Gasteiger partial charge on any atom is -0.274 e. The van der Waals surface area contributed by atoms with Gasteiger partial charge in [-0.05, 0) is 18.6 Å². The highest BCUT2D eigenvalue weighted by Gasteiger charge is 2.03. The predicted octanol–water partition coefficient (Wildman–Crippen LogP) is 2.04. The Morgan fingerprint density at radius 1 is 1.36 bits per heavy atom. The normalized spacial score (nSPS) is 10.4. The minimum atomic E-state index is -0.0641. The van der Waals surface area contributed by atoms with E-state index in [1.54, 1.807) is 4.68 Å². The SMILES string of the molecule is CC(=O)Nn1ccc2cccc(C)c21. The molecular weight excluding hydrogens is 176 g/mol. The number of fused-ring (bicyclic) bond motifs is 1. The Morgan fingerprint density at radius 2 is 2.14 bits per heavy atom. The molecule has 0 atom stereocenters. The van der Waals surface area contributed by atoms with Gasteiger partial charge in [0.1, 0.15) is 0 Å². The Hall–Kier alpha value is -1.77. The van der Waals surface area contributed by atoms with Crippen LogP contribution in [0.5, 0.6) is 0 Å². The molecule has 1 aromatic carbocycles. The lowest BCUT2D eigenvalue weighted by Crippen LogP contribution is -2.18. The number of rotatable bonds is 1. The van der Waals surface area contributed by atoms with E-state index in [4.69, 9.17) is 0 Å². The highest BCUT2D eigenvalue weighted by Crippen LogP contribution is 2.18. The third-order valence-electron chi connectivity index (χ3n) is 2.19. The van der Waals surface area contributed by atoms with Crippen LogP contribution in [0.1, 0.15) is 12.5 Å². The minimum absolute atomic E-state index is 0.0641. The van der Waals surface area contributed by atoms with Crippen molar-refractivity contribution in [1.29, 1.82) is 0 Å². The van der Waals surface area contributed by atoms with E-state index in [0.29, 0.717) is 0 Å². The molecule has 0 spiro atoms. The molecule has 0 aliphatic heterocycles. The summed E-state index contributed by atoms with van der Waals surface area (Å²) in [5.74, 6) is -0.0641. The lowest BCUT2D eigenvalue weighted by atomic mass is 10.2. The fourth-order valence-corrected chi connectivity index (χ4v) is 1.64. The van der Waals surface area contributed by atoms with Crippen molar-refractivity contribution >= 4 is 16.8 Å². The Labute approximate surface area is 82.3 Å². The van der Waals surface area contributed by atoms with Crippen LogP contribution < -0.4 is 5.43 Å². The summed E-state index contributed by atoms with van der Waals surface area (Å²) in [4.78, 5) is 10.9. The third kappa shape index (κ3) is 1.37. The number of aryl methyl sites for hydroxylation is 1. The number of amides is 1. The van der Waals surface area contributed by atoms with Crippen molar-refractivity contribution in [2.45, 2.75) is 13.8 Å². The Kier molecular flexibility index (Phi) is 2.00. The van der Waals surface area contributed by atoms with Crippen LogP contribution in [0.25, 0.3) is 10.9 Å². The summed E-state index contributed by atoms with van der Waals surface area (Å²) in [6.45, 7) is 3.53. The van der Waals surface area contributed by atoms with E-state index in [0.717, 1.165) is 16.5 Å². The Morgan fingerprint density at radius 3 is 2.86 bits per heavy atom. The molecule has 3 nitrogen and oxygen atoms in total. The zero-order chi connectivity index (χ0) is 10.1. The van der Waals surface area contributed by atoms with E-state index in [9.17, 15) is 4.79 Å². The summed E-state index contributed by atoms with van der Waals surface area (Å²) in [6.07, 6.45) is 1.86. The predicted molar refractivity (Wildman–Crippen MR) is 56.7 cm³/mol. The summed E-state index contributed by atoms with van der Waals surface area (Å²) >= 11 is 0. The van der Waals surface area contributed by atoms with E-state index in [1.165, 1.54) is 6.92 Å². The monoisotopic (exact) mass is 188 g/mol. The molecule has 0 radical (unpaired) electrons. The fourth-order valence-electron chi connectivity index (χ4n) is 1.64. The van der Waals surface area contributed by atoms with Gasteiger partial charge in [-0.3, -0.25) is 14.9 Å². The second-order valence-electron chi connectivity index (χ2n) is 3.37. The van der Waals surface area contributed by atoms with Crippen molar-refractivity contribution in [3.63, 3.8) is 0 Å². The summed E-state index contributed by atoms with van der Waals surface area (Å²) < 4.78 is 1.76. The number of nitrogens with zero attached hydrogens (tertiary/aromatic N) is 1. The van der Waals surface area contributed by atoms with Crippen LogP contribution in [-0.2, 0) is 4.79 Å². The maximum atomic E-state index is 10.9. The summed E-state index contributed by atoms with van der Waals surface area (Å²) in [7, 11) is 0. The van der Waals surface area contributed by atoms with Gasteiger partial charge in [0.2, 0.25) is 5.91 Å². The first-order chi connectivity index (χ1) is 6.68. The molecule has 0 unspecified atom stereocenters. The van der Waals surface area contributed by atoms with Crippen molar-refractivity contribution < 1.29 is 4.79 Å². The van der Waals surface area contributed by atoms with Crippen molar-refractivity contribution in [3.05, 3.63) is 36.0 Å². The van der Waals surface area contributed by atoms with Crippen LogP contribution >= 0.6 is 0 Å². The van der Waals surface area contributed by atoms with Gasteiger partial charge in [-0.25, -0.2) is 0 Å². The standard InChI is InChI=1S/C11H12N2O/c1-8-4-3-5-10-6-7-13(11(8)10)12-9(2)14/h3-7H,1-2H3,(H,12,14). The topological polar surface area (TPSA) is 34.0 Å². The summed E-state index contributed by atoms with van der Waals surface area (Å²) in [5.41, 5.74) is 4.96. The van der Waals surface area contributed by atoms with Gasteiger partial charge in [-0.2, -0.15) is 0 Å². The van der Waals surface area contributed by atoms with E-state index in [-0.39, 0.29) is 5.91 Å². The highest BCUT2D eigenvalue weighted by atomic mass is 16.2. The third-order valence-corrected chi connectivity index (χ3v) is 2.19. The maximum Gasteiger partial charge on any atom is 0.235 e. The molecule has 2 aromatic rings. The number of nitrogens with one attached hydrogen (secondary N) is 1. The number of hydrogen-bond donors (Lipinski definition) is 1. The van der Waals surface area contributed by atoms with Gasteiger partial charge in [0.25, 0.3) is 0 Å². The Bertz CT molecular complexity index is 485. The molecule has 1 amide bonds. The first-order valence-corrected chi connectivity index (χ1v) is 4.53. The number of benzene rings is 1. The zero-order valence-corrected chi connectivity index (χ0v) is 8.24. The first kappa shape index (κ1) is 8.81. The lowest BCUT2D eigenvalue weighted by molar-refractivity contribution is -0.115. The van der Waals surface area contributed by atoms with Gasteiger partial charge in [0.05, 0.1) is 5.52 Å². The number of hydrogen-bond acceptors (Lipinski definition) is 1. The molecule has 0 saturated carbocycles. The molecule has 1 aromatic heterocycles. The van der Waals surface area contributed by atoms with Crippen LogP contribution in [-0.4, -0.2) is 10.6 Å². The molecule has 2 rings (SSSR count). The van der Waals surface area contributed by atoms with Crippen molar-refractivity contribution in [1.82, 2.24) is 4.68 Å². The molecule has 0 fully saturated rings. The average Bonchev–Trinajstić information content (AvgIpc) is 2.49.